The van der Waals surface area contributed by atoms with Crippen LogP contribution < -0.4 is 4.90 Å². The van der Waals surface area contributed by atoms with Gasteiger partial charge in [-0.2, -0.15) is 0 Å². The van der Waals surface area contributed by atoms with E-state index in [1.807, 2.05) is 24.3 Å². The van der Waals surface area contributed by atoms with Crippen molar-refractivity contribution in [2.75, 3.05) is 65.3 Å². The maximum absolute atomic E-state index is 12.3. The lowest BCUT2D eigenvalue weighted by atomic mass is 10.2. The van der Waals surface area contributed by atoms with E-state index >= 15 is 0 Å². The standard InChI is InChI=1S/C17H25ClN4O2/c1-19(2)16(23)12-20(3)17(24)13-21-8-10-22(11-9-21)15-7-5-4-6-14(15)18/h4-7H,8-13H2,1-3H3. The maximum Gasteiger partial charge on any atom is 0.241 e. The maximum atomic E-state index is 12.3. The van der Waals surface area contributed by atoms with Crippen LogP contribution in [-0.2, 0) is 9.59 Å². The van der Waals surface area contributed by atoms with Crippen molar-refractivity contribution in [2.24, 2.45) is 0 Å². The number of benzene rings is 1. The Hall–Kier alpha value is -1.79. The van der Waals surface area contributed by atoms with Crippen molar-refractivity contribution < 1.29 is 9.59 Å². The third-order valence-electron chi connectivity index (χ3n) is 4.22. The highest BCUT2D eigenvalue weighted by atomic mass is 35.5. The summed E-state index contributed by atoms with van der Waals surface area (Å²) < 4.78 is 0. The molecular formula is C17H25ClN4O2. The molecule has 132 valence electrons. The van der Waals surface area contributed by atoms with Gasteiger partial charge in [-0.1, -0.05) is 23.7 Å². The molecule has 24 heavy (non-hydrogen) atoms. The third kappa shape index (κ3) is 4.85. The number of piperazine rings is 1. The SMILES string of the molecule is CN(C)C(=O)CN(C)C(=O)CN1CCN(c2ccccc2Cl)CC1. The molecule has 1 saturated heterocycles. The number of carbonyl (C=O) groups excluding carboxylic acids is 2. The van der Waals surface area contributed by atoms with Gasteiger partial charge in [-0.15, -0.1) is 0 Å². The molecule has 0 saturated carbocycles. The van der Waals surface area contributed by atoms with Crippen LogP contribution in [0.1, 0.15) is 0 Å². The van der Waals surface area contributed by atoms with Crippen molar-refractivity contribution >= 4 is 29.1 Å². The van der Waals surface area contributed by atoms with Gasteiger partial charge in [0.2, 0.25) is 11.8 Å². The predicted molar refractivity (Wildman–Crippen MR) is 96.4 cm³/mol. The molecule has 0 radical (unpaired) electrons. The van der Waals surface area contributed by atoms with Crippen LogP contribution in [0.25, 0.3) is 0 Å². The van der Waals surface area contributed by atoms with E-state index in [1.54, 1.807) is 21.1 Å². The van der Waals surface area contributed by atoms with Gasteiger partial charge in [0, 0.05) is 47.3 Å². The zero-order chi connectivity index (χ0) is 17.7. The van der Waals surface area contributed by atoms with E-state index in [4.69, 9.17) is 11.6 Å². The average molecular weight is 353 g/mol. The molecule has 6 nitrogen and oxygen atoms in total. The lowest BCUT2D eigenvalue weighted by Gasteiger charge is -2.36. The van der Waals surface area contributed by atoms with Crippen molar-refractivity contribution in [2.45, 2.75) is 0 Å². The van der Waals surface area contributed by atoms with Gasteiger partial charge in [0.05, 0.1) is 23.8 Å². The summed E-state index contributed by atoms with van der Waals surface area (Å²) in [5, 5.41) is 0.754. The largest absolute Gasteiger partial charge is 0.368 e. The molecule has 1 fully saturated rings. The predicted octanol–water partition coefficient (Wildman–Crippen LogP) is 1.01. The summed E-state index contributed by atoms with van der Waals surface area (Å²) in [7, 11) is 5.05. The number of likely N-dealkylation sites (N-methyl/N-ethyl adjacent to an activating group) is 2. The Kier molecular flexibility index (Phi) is 6.45. The Morgan fingerprint density at radius 2 is 1.67 bits per heavy atom. The first-order chi connectivity index (χ1) is 11.4. The lowest BCUT2D eigenvalue weighted by molar-refractivity contribution is -0.138. The summed E-state index contributed by atoms with van der Waals surface area (Å²) in [5.74, 6) is -0.106. The summed E-state index contributed by atoms with van der Waals surface area (Å²) in [6, 6.07) is 7.81. The summed E-state index contributed by atoms with van der Waals surface area (Å²) in [6.07, 6.45) is 0. The number of rotatable bonds is 5. The number of anilines is 1. The van der Waals surface area contributed by atoms with Crippen molar-refractivity contribution in [3.63, 3.8) is 0 Å². The summed E-state index contributed by atoms with van der Waals surface area (Å²) >= 11 is 6.24. The second-order valence-corrected chi connectivity index (χ2v) is 6.66. The second-order valence-electron chi connectivity index (χ2n) is 6.25. The van der Waals surface area contributed by atoms with E-state index in [0.29, 0.717) is 6.54 Å². The fourth-order valence-corrected chi connectivity index (χ4v) is 2.85. The molecule has 2 rings (SSSR count). The van der Waals surface area contributed by atoms with E-state index in [0.717, 1.165) is 36.9 Å². The van der Waals surface area contributed by atoms with Crippen LogP contribution in [0.15, 0.2) is 24.3 Å². The van der Waals surface area contributed by atoms with Crippen LogP contribution in [0, 0.1) is 0 Å². The zero-order valence-corrected chi connectivity index (χ0v) is 15.3. The molecule has 0 atom stereocenters. The molecule has 0 aromatic heterocycles. The van der Waals surface area contributed by atoms with Gasteiger partial charge in [0.25, 0.3) is 0 Å². The van der Waals surface area contributed by atoms with Crippen LogP contribution >= 0.6 is 11.6 Å². The fraction of sp³-hybridized carbons (Fsp3) is 0.529. The molecule has 0 bridgehead atoms. The van der Waals surface area contributed by atoms with Crippen molar-refractivity contribution in [3.8, 4) is 0 Å². The molecule has 0 N–H and O–H groups in total. The topological polar surface area (TPSA) is 47.1 Å². The van der Waals surface area contributed by atoms with E-state index in [9.17, 15) is 9.59 Å². The van der Waals surface area contributed by atoms with Crippen LogP contribution in [0.3, 0.4) is 0 Å². The second kappa shape index (κ2) is 8.35. The minimum absolute atomic E-state index is 0.0311. The van der Waals surface area contributed by atoms with Gasteiger partial charge in [0.15, 0.2) is 0 Å². The van der Waals surface area contributed by atoms with Gasteiger partial charge in [0.1, 0.15) is 0 Å². The summed E-state index contributed by atoms with van der Waals surface area (Å²) in [6.45, 7) is 3.71. The molecule has 7 heteroatoms. The first-order valence-corrected chi connectivity index (χ1v) is 8.42. The van der Waals surface area contributed by atoms with E-state index < -0.39 is 0 Å². The van der Waals surface area contributed by atoms with Gasteiger partial charge in [-0.25, -0.2) is 0 Å². The molecule has 1 aliphatic heterocycles. The molecule has 0 aliphatic carbocycles. The first kappa shape index (κ1) is 18.5. The van der Waals surface area contributed by atoms with Gasteiger partial charge < -0.3 is 14.7 Å². The molecule has 1 aromatic rings. The van der Waals surface area contributed by atoms with Crippen LogP contribution in [0.5, 0.6) is 0 Å². The van der Waals surface area contributed by atoms with Gasteiger partial charge >= 0.3 is 0 Å². The minimum atomic E-state index is -0.0746. The van der Waals surface area contributed by atoms with E-state index in [1.165, 1.54) is 9.80 Å². The number of hydrogen-bond donors (Lipinski definition) is 0. The molecule has 1 aliphatic rings. The van der Waals surface area contributed by atoms with Crippen molar-refractivity contribution in [1.82, 2.24) is 14.7 Å². The smallest absolute Gasteiger partial charge is 0.241 e. The third-order valence-corrected chi connectivity index (χ3v) is 4.54. The Morgan fingerprint density at radius 3 is 2.25 bits per heavy atom. The molecule has 0 spiro atoms. The molecule has 2 amide bonds. The Labute approximate surface area is 148 Å². The number of carbonyl (C=O) groups is 2. The van der Waals surface area contributed by atoms with Gasteiger partial charge in [-0.3, -0.25) is 14.5 Å². The van der Waals surface area contributed by atoms with Crippen molar-refractivity contribution in [3.05, 3.63) is 29.3 Å². The normalized spacial score (nSPS) is 15.2. The molecule has 0 unspecified atom stereocenters. The van der Waals surface area contributed by atoms with Crippen LogP contribution in [-0.4, -0.2) is 86.9 Å². The first-order valence-electron chi connectivity index (χ1n) is 8.04. The number of para-hydroxylation sites is 1. The zero-order valence-electron chi connectivity index (χ0n) is 14.5. The minimum Gasteiger partial charge on any atom is -0.368 e. The van der Waals surface area contributed by atoms with E-state index in [2.05, 4.69) is 9.80 Å². The number of halogens is 1. The monoisotopic (exact) mass is 352 g/mol. The molecule has 1 aromatic carbocycles. The number of nitrogens with zero attached hydrogens (tertiary/aromatic N) is 4. The Morgan fingerprint density at radius 1 is 1.04 bits per heavy atom. The average Bonchev–Trinajstić information content (AvgIpc) is 2.56. The number of hydrogen-bond acceptors (Lipinski definition) is 4. The Balaban J connectivity index is 1.81. The summed E-state index contributed by atoms with van der Waals surface area (Å²) in [4.78, 5) is 31.3. The highest BCUT2D eigenvalue weighted by Crippen LogP contribution is 2.25. The molecular weight excluding hydrogens is 328 g/mol. The highest BCUT2D eigenvalue weighted by molar-refractivity contribution is 6.33. The highest BCUT2D eigenvalue weighted by Gasteiger charge is 2.22. The van der Waals surface area contributed by atoms with Crippen LogP contribution in [0.4, 0.5) is 5.69 Å². The quantitative estimate of drug-likeness (QED) is 0.793. The Bertz CT molecular complexity index is 586. The van der Waals surface area contributed by atoms with Gasteiger partial charge in [-0.05, 0) is 12.1 Å². The van der Waals surface area contributed by atoms with Crippen LogP contribution in [0.2, 0.25) is 5.02 Å². The van der Waals surface area contributed by atoms with Crippen molar-refractivity contribution in [1.29, 1.82) is 0 Å². The fourth-order valence-electron chi connectivity index (χ4n) is 2.60. The van der Waals surface area contributed by atoms with E-state index in [-0.39, 0.29) is 18.4 Å². The number of amides is 2. The lowest BCUT2D eigenvalue weighted by Crippen LogP contribution is -2.50. The summed E-state index contributed by atoms with van der Waals surface area (Å²) in [5.41, 5.74) is 1.04. The molecule has 1 heterocycles.